The molecule has 0 saturated carbocycles. The molecule has 2 amide bonds. The Morgan fingerprint density at radius 2 is 1.93 bits per heavy atom. The number of hydrogen-bond donors (Lipinski definition) is 2. The SMILES string of the molecule is O=C(COc1cccc(N2CCCC2=O)c1)N[C@@H](C(=O)O)c1ccccc1. The van der Waals surface area contributed by atoms with Crippen molar-refractivity contribution in [1.82, 2.24) is 5.32 Å². The molecule has 7 heteroatoms. The van der Waals surface area contributed by atoms with Crippen LogP contribution < -0.4 is 15.0 Å². The highest BCUT2D eigenvalue weighted by Crippen LogP contribution is 2.25. The topological polar surface area (TPSA) is 95.9 Å². The first kappa shape index (κ1) is 18.4. The zero-order valence-electron chi connectivity index (χ0n) is 14.6. The Morgan fingerprint density at radius 3 is 2.59 bits per heavy atom. The van der Waals surface area contributed by atoms with Crippen LogP contribution in [-0.4, -0.2) is 36.0 Å². The van der Waals surface area contributed by atoms with Crippen molar-refractivity contribution in [2.24, 2.45) is 0 Å². The van der Waals surface area contributed by atoms with Gasteiger partial charge in [-0.05, 0) is 24.1 Å². The van der Waals surface area contributed by atoms with E-state index in [-0.39, 0.29) is 12.5 Å². The Bertz CT molecular complexity index is 837. The predicted molar refractivity (Wildman–Crippen MR) is 98.5 cm³/mol. The fourth-order valence-electron chi connectivity index (χ4n) is 2.95. The van der Waals surface area contributed by atoms with Crippen LogP contribution in [0.2, 0.25) is 0 Å². The van der Waals surface area contributed by atoms with E-state index < -0.39 is 17.9 Å². The van der Waals surface area contributed by atoms with Gasteiger partial charge in [-0.25, -0.2) is 4.79 Å². The Morgan fingerprint density at radius 1 is 1.15 bits per heavy atom. The molecule has 2 aromatic carbocycles. The molecular weight excluding hydrogens is 348 g/mol. The van der Waals surface area contributed by atoms with E-state index in [1.54, 1.807) is 53.4 Å². The van der Waals surface area contributed by atoms with E-state index in [1.807, 2.05) is 6.07 Å². The molecule has 2 N–H and O–H groups in total. The minimum Gasteiger partial charge on any atom is -0.484 e. The molecule has 1 fully saturated rings. The standard InChI is InChI=1S/C20H20N2O5/c23-17(21-19(20(25)26)14-6-2-1-3-7-14)13-27-16-9-4-8-15(12-16)22-11-5-10-18(22)24/h1-4,6-9,12,19H,5,10-11,13H2,(H,21,23)(H,25,26)/t19-/m1/s1. The molecule has 0 bridgehead atoms. The Kier molecular flexibility index (Phi) is 5.71. The van der Waals surface area contributed by atoms with Gasteiger partial charge in [0.1, 0.15) is 5.75 Å². The van der Waals surface area contributed by atoms with Gasteiger partial charge in [-0.3, -0.25) is 9.59 Å². The lowest BCUT2D eigenvalue weighted by molar-refractivity contribution is -0.142. The number of ether oxygens (including phenoxy) is 1. The lowest BCUT2D eigenvalue weighted by Crippen LogP contribution is -2.36. The summed E-state index contributed by atoms with van der Waals surface area (Å²) >= 11 is 0. The molecule has 1 aliphatic heterocycles. The molecule has 0 unspecified atom stereocenters. The van der Waals surface area contributed by atoms with E-state index in [1.165, 1.54) is 0 Å². The lowest BCUT2D eigenvalue weighted by Gasteiger charge is -2.17. The van der Waals surface area contributed by atoms with Crippen LogP contribution in [0.25, 0.3) is 0 Å². The smallest absolute Gasteiger partial charge is 0.330 e. The Balaban J connectivity index is 1.60. The molecule has 2 aromatic rings. The second-order valence-electron chi connectivity index (χ2n) is 6.18. The highest BCUT2D eigenvalue weighted by atomic mass is 16.5. The second kappa shape index (κ2) is 8.35. The van der Waals surface area contributed by atoms with E-state index in [9.17, 15) is 19.5 Å². The van der Waals surface area contributed by atoms with Gasteiger partial charge in [-0.1, -0.05) is 36.4 Å². The molecule has 1 atom stereocenters. The highest BCUT2D eigenvalue weighted by molar-refractivity contribution is 5.95. The number of carboxylic acids is 1. The van der Waals surface area contributed by atoms with Crippen molar-refractivity contribution in [2.45, 2.75) is 18.9 Å². The Hall–Kier alpha value is -3.35. The average Bonchev–Trinajstić information content (AvgIpc) is 3.11. The number of amides is 2. The molecule has 1 saturated heterocycles. The van der Waals surface area contributed by atoms with E-state index in [0.29, 0.717) is 24.3 Å². The van der Waals surface area contributed by atoms with E-state index in [2.05, 4.69) is 5.32 Å². The maximum atomic E-state index is 12.1. The van der Waals surface area contributed by atoms with Crippen LogP contribution in [0.15, 0.2) is 54.6 Å². The van der Waals surface area contributed by atoms with Crippen molar-refractivity contribution in [1.29, 1.82) is 0 Å². The molecule has 1 heterocycles. The summed E-state index contributed by atoms with van der Waals surface area (Å²) in [5.74, 6) is -1.19. The maximum absolute atomic E-state index is 12.1. The largest absolute Gasteiger partial charge is 0.484 e. The number of nitrogens with one attached hydrogen (secondary N) is 1. The van der Waals surface area contributed by atoms with Gasteiger partial charge in [0.25, 0.3) is 5.91 Å². The number of nitrogens with zero attached hydrogens (tertiary/aromatic N) is 1. The number of carboxylic acid groups (broad SMARTS) is 1. The first-order chi connectivity index (χ1) is 13.0. The normalized spacial score (nSPS) is 14.7. The van der Waals surface area contributed by atoms with Gasteiger partial charge in [0.2, 0.25) is 5.91 Å². The molecule has 0 radical (unpaired) electrons. The van der Waals surface area contributed by atoms with Crippen LogP contribution in [0.1, 0.15) is 24.4 Å². The van der Waals surface area contributed by atoms with Crippen LogP contribution in [0.4, 0.5) is 5.69 Å². The lowest BCUT2D eigenvalue weighted by atomic mass is 10.1. The van der Waals surface area contributed by atoms with Crippen molar-refractivity contribution in [3.05, 3.63) is 60.2 Å². The fourth-order valence-corrected chi connectivity index (χ4v) is 2.95. The van der Waals surface area contributed by atoms with Crippen LogP contribution in [0, 0.1) is 0 Å². The number of aliphatic carboxylic acids is 1. The molecule has 27 heavy (non-hydrogen) atoms. The summed E-state index contributed by atoms with van der Waals surface area (Å²) in [6, 6.07) is 14.3. The molecule has 1 aliphatic rings. The summed E-state index contributed by atoms with van der Waals surface area (Å²) in [4.78, 5) is 37.1. The molecule has 0 aromatic heterocycles. The van der Waals surface area contributed by atoms with E-state index in [0.717, 1.165) is 12.1 Å². The van der Waals surface area contributed by atoms with Crippen LogP contribution in [-0.2, 0) is 14.4 Å². The molecule has 140 valence electrons. The molecular formula is C20H20N2O5. The van der Waals surface area contributed by atoms with E-state index >= 15 is 0 Å². The summed E-state index contributed by atoms with van der Waals surface area (Å²) in [5, 5.41) is 11.8. The third kappa shape index (κ3) is 4.63. The number of carbonyl (C=O) groups excluding carboxylic acids is 2. The minimum atomic E-state index is -1.15. The van der Waals surface area contributed by atoms with E-state index in [4.69, 9.17) is 4.74 Å². The molecule has 0 spiro atoms. The summed E-state index contributed by atoms with van der Waals surface area (Å²) in [5.41, 5.74) is 1.20. The van der Waals surface area contributed by atoms with Gasteiger partial charge in [-0.15, -0.1) is 0 Å². The summed E-state index contributed by atoms with van der Waals surface area (Å²) < 4.78 is 5.48. The molecule has 3 rings (SSSR count). The van der Waals surface area contributed by atoms with Crippen molar-refractivity contribution in [3.63, 3.8) is 0 Å². The first-order valence-electron chi connectivity index (χ1n) is 8.65. The molecule has 7 nitrogen and oxygen atoms in total. The zero-order valence-corrected chi connectivity index (χ0v) is 14.6. The highest BCUT2D eigenvalue weighted by Gasteiger charge is 2.23. The van der Waals surface area contributed by atoms with Crippen molar-refractivity contribution < 1.29 is 24.2 Å². The van der Waals surface area contributed by atoms with Gasteiger partial charge in [0.05, 0.1) is 0 Å². The number of hydrogen-bond acceptors (Lipinski definition) is 4. The summed E-state index contributed by atoms with van der Waals surface area (Å²) in [7, 11) is 0. The first-order valence-corrected chi connectivity index (χ1v) is 8.65. The number of benzene rings is 2. The van der Waals surface area contributed by atoms with Gasteiger partial charge in [0, 0.05) is 24.7 Å². The predicted octanol–water partition coefficient (Wildman–Crippen LogP) is 2.13. The van der Waals surface area contributed by atoms with Gasteiger partial charge in [0.15, 0.2) is 12.6 Å². The number of anilines is 1. The van der Waals surface area contributed by atoms with Crippen molar-refractivity contribution in [2.75, 3.05) is 18.1 Å². The summed E-state index contributed by atoms with van der Waals surface area (Å²) in [6.07, 6.45) is 1.35. The van der Waals surface area contributed by atoms with Crippen LogP contribution in [0.5, 0.6) is 5.75 Å². The third-order valence-corrected chi connectivity index (χ3v) is 4.26. The van der Waals surface area contributed by atoms with Crippen LogP contribution in [0.3, 0.4) is 0 Å². The van der Waals surface area contributed by atoms with Gasteiger partial charge < -0.3 is 20.1 Å². The minimum absolute atomic E-state index is 0.0667. The van der Waals surface area contributed by atoms with Crippen molar-refractivity contribution >= 4 is 23.5 Å². The number of rotatable bonds is 7. The quantitative estimate of drug-likeness (QED) is 0.781. The summed E-state index contributed by atoms with van der Waals surface area (Å²) in [6.45, 7) is 0.341. The maximum Gasteiger partial charge on any atom is 0.330 e. The van der Waals surface area contributed by atoms with Gasteiger partial charge >= 0.3 is 5.97 Å². The van der Waals surface area contributed by atoms with Gasteiger partial charge in [-0.2, -0.15) is 0 Å². The van der Waals surface area contributed by atoms with Crippen LogP contribution >= 0.6 is 0 Å². The molecule has 0 aliphatic carbocycles. The van der Waals surface area contributed by atoms with Crippen molar-refractivity contribution in [3.8, 4) is 5.75 Å². The number of carbonyl (C=O) groups is 3. The third-order valence-electron chi connectivity index (χ3n) is 4.26. The average molecular weight is 368 g/mol. The second-order valence-corrected chi connectivity index (χ2v) is 6.18. The fraction of sp³-hybridized carbons (Fsp3) is 0.250. The Labute approximate surface area is 156 Å². The monoisotopic (exact) mass is 368 g/mol. The zero-order chi connectivity index (χ0) is 19.2.